The van der Waals surface area contributed by atoms with Crippen molar-refractivity contribution in [3.8, 4) is 0 Å². The van der Waals surface area contributed by atoms with E-state index in [4.69, 9.17) is 24.7 Å². The minimum absolute atomic E-state index is 0.0919. The summed E-state index contributed by atoms with van der Waals surface area (Å²) in [6.07, 6.45) is 3.55. The summed E-state index contributed by atoms with van der Waals surface area (Å²) in [5.41, 5.74) is 5.87. The number of Topliss-reactive ketones (excluding diaryl/α,β-unsaturated/α-hetero) is 2. The Morgan fingerprint density at radius 3 is 2.33 bits per heavy atom. The van der Waals surface area contributed by atoms with E-state index in [0.717, 1.165) is 0 Å². The van der Waals surface area contributed by atoms with Crippen molar-refractivity contribution in [2.75, 3.05) is 35.4 Å². The zero-order valence-corrected chi connectivity index (χ0v) is 27.5. The lowest BCUT2D eigenvalue weighted by Crippen LogP contribution is -2.38. The van der Waals surface area contributed by atoms with Crippen LogP contribution in [0.2, 0.25) is 0 Å². The van der Waals surface area contributed by atoms with Gasteiger partial charge in [0.2, 0.25) is 11.6 Å². The molecular weight excluding hydrogens is 584 g/mol. The van der Waals surface area contributed by atoms with Gasteiger partial charge in [-0.3, -0.25) is 14.4 Å². The van der Waals surface area contributed by atoms with Gasteiger partial charge in [0.25, 0.3) is 5.91 Å². The van der Waals surface area contributed by atoms with Gasteiger partial charge < -0.3 is 40.1 Å². The van der Waals surface area contributed by atoms with Gasteiger partial charge in [-0.15, -0.1) is 0 Å². The second kappa shape index (κ2) is 16.8. The number of nitrogens with two attached hydrogens (primary N) is 1. The Labute approximate surface area is 264 Å². The van der Waals surface area contributed by atoms with Gasteiger partial charge in [-0.25, -0.2) is 4.79 Å². The summed E-state index contributed by atoms with van der Waals surface area (Å²) in [6.45, 7) is 6.90. The van der Waals surface area contributed by atoms with Gasteiger partial charge in [0.05, 0.1) is 31.1 Å². The predicted octanol–water partition coefficient (Wildman–Crippen LogP) is 2.33. The van der Waals surface area contributed by atoms with Crippen molar-refractivity contribution in [3.63, 3.8) is 0 Å². The highest BCUT2D eigenvalue weighted by atomic mass is 16.6. The molecule has 1 aliphatic carbocycles. The average molecular weight is 631 g/mol. The fourth-order valence-electron chi connectivity index (χ4n) is 5.17. The fourth-order valence-corrected chi connectivity index (χ4v) is 5.17. The Bertz CT molecular complexity index is 1330. The van der Waals surface area contributed by atoms with Crippen LogP contribution in [-0.2, 0) is 33.3 Å². The zero-order chi connectivity index (χ0) is 34.0. The van der Waals surface area contributed by atoms with E-state index in [9.17, 15) is 24.3 Å². The lowest BCUT2D eigenvalue weighted by atomic mass is 9.84. The minimum Gasteiger partial charge on any atom is -0.492 e. The molecule has 248 valence electrons. The first-order valence-electron chi connectivity index (χ1n) is 14.5. The maximum atomic E-state index is 13.9. The summed E-state index contributed by atoms with van der Waals surface area (Å²) >= 11 is 0. The van der Waals surface area contributed by atoms with Crippen LogP contribution in [0, 0.1) is 11.8 Å². The summed E-state index contributed by atoms with van der Waals surface area (Å²) in [7, 11) is 7.49. The Balaban J connectivity index is 2.75. The SMILES string of the molecule is COC1=C2CC(C)CC(OC)[C@@H](O)[C@H](C)/C=C(\C)[C@@H](OC(N)=O)[C@H](OC)/C=C/C=C(/C)C(=O)NC(=C(/C=N/N(C)C)C1=O)C2=O. The Kier molecular flexibility index (Phi) is 13.9. The molecule has 0 aromatic carbocycles. The lowest BCUT2D eigenvalue weighted by molar-refractivity contribution is -0.121. The van der Waals surface area contributed by atoms with Crippen molar-refractivity contribution >= 4 is 29.8 Å². The molecule has 2 bridgehead atoms. The van der Waals surface area contributed by atoms with Gasteiger partial charge in [-0.05, 0) is 38.2 Å². The van der Waals surface area contributed by atoms with E-state index in [1.165, 1.54) is 51.6 Å². The molecule has 6 atom stereocenters. The van der Waals surface area contributed by atoms with Crippen molar-refractivity contribution in [3.05, 3.63) is 58.1 Å². The molecule has 0 spiro atoms. The number of nitrogens with one attached hydrogen (secondary N) is 1. The standard InChI is InChI=1S/C32H46N4O9/c1-17-13-21-27(38)25(22(16-34-36(5)6)28(39)30(21)44-9)35-31(40)18(2)11-10-12-23(42-7)29(45-32(33)41)20(4)15-19(3)26(37)24(14-17)43-8/h10-12,15-17,19,23-24,26,29,37H,13-14H2,1-9H3,(H2,33,41)(H,35,40)/b12-10+,18-11-,20-15+,34-16+/t17?,19-,23-,24?,26+,29-/m1/s1. The van der Waals surface area contributed by atoms with Crippen LogP contribution >= 0.6 is 0 Å². The number of rotatable bonds is 6. The third-order valence-corrected chi connectivity index (χ3v) is 7.56. The minimum atomic E-state index is -1.01. The molecule has 0 saturated carbocycles. The van der Waals surface area contributed by atoms with E-state index in [0.29, 0.717) is 12.0 Å². The van der Waals surface area contributed by atoms with Gasteiger partial charge in [-0.2, -0.15) is 5.10 Å². The molecule has 1 heterocycles. The van der Waals surface area contributed by atoms with Gasteiger partial charge >= 0.3 is 6.09 Å². The quantitative estimate of drug-likeness (QED) is 0.171. The number of hydrogen-bond donors (Lipinski definition) is 3. The Morgan fingerprint density at radius 1 is 1.11 bits per heavy atom. The molecule has 2 amide bonds. The molecule has 4 N–H and O–H groups in total. The zero-order valence-electron chi connectivity index (χ0n) is 27.5. The van der Waals surface area contributed by atoms with Crippen LogP contribution in [0.15, 0.2) is 63.2 Å². The summed E-state index contributed by atoms with van der Waals surface area (Å²) in [5.74, 6) is -2.70. The molecule has 0 saturated heterocycles. The molecule has 2 rings (SSSR count). The van der Waals surface area contributed by atoms with E-state index in [1.807, 2.05) is 6.92 Å². The number of carbonyl (C=O) groups is 4. The second-order valence-electron chi connectivity index (χ2n) is 11.4. The molecular formula is C32H46N4O9. The van der Waals surface area contributed by atoms with E-state index in [1.54, 1.807) is 40.1 Å². The number of methoxy groups -OCH3 is 3. The van der Waals surface area contributed by atoms with Crippen LogP contribution in [0.3, 0.4) is 0 Å². The van der Waals surface area contributed by atoms with E-state index >= 15 is 0 Å². The number of hydrazone groups is 1. The molecule has 13 nitrogen and oxygen atoms in total. The number of aliphatic hydroxyl groups is 1. The highest BCUT2D eigenvalue weighted by Crippen LogP contribution is 2.31. The molecule has 2 aliphatic rings. The molecule has 0 fully saturated rings. The first-order chi connectivity index (χ1) is 21.2. The number of hydrogen-bond acceptors (Lipinski definition) is 11. The van der Waals surface area contributed by atoms with Gasteiger partial charge in [0.1, 0.15) is 11.8 Å². The summed E-state index contributed by atoms with van der Waals surface area (Å²) in [4.78, 5) is 52.6. The van der Waals surface area contributed by atoms with Crippen LogP contribution < -0.4 is 11.1 Å². The Hall–Kier alpha value is -4.07. The summed E-state index contributed by atoms with van der Waals surface area (Å²) in [5, 5.41) is 19.4. The van der Waals surface area contributed by atoms with Crippen molar-refractivity contribution in [2.45, 2.75) is 65.0 Å². The van der Waals surface area contributed by atoms with Crippen molar-refractivity contribution in [2.24, 2.45) is 22.7 Å². The summed E-state index contributed by atoms with van der Waals surface area (Å²) in [6, 6.07) is 0. The molecule has 0 radical (unpaired) electrons. The molecule has 13 heteroatoms. The highest BCUT2D eigenvalue weighted by Gasteiger charge is 2.37. The fraction of sp³-hybridized carbons (Fsp3) is 0.531. The van der Waals surface area contributed by atoms with Crippen LogP contribution in [0.1, 0.15) is 40.5 Å². The smallest absolute Gasteiger partial charge is 0.405 e. The highest BCUT2D eigenvalue weighted by molar-refractivity contribution is 6.32. The van der Waals surface area contributed by atoms with E-state index in [-0.39, 0.29) is 40.5 Å². The van der Waals surface area contributed by atoms with E-state index < -0.39 is 53.9 Å². The number of primary amides is 1. The number of ether oxygens (including phenoxy) is 4. The molecule has 0 aromatic heterocycles. The Morgan fingerprint density at radius 2 is 1.78 bits per heavy atom. The van der Waals surface area contributed by atoms with Gasteiger partial charge in [-0.1, -0.05) is 38.2 Å². The molecule has 2 unspecified atom stereocenters. The van der Waals surface area contributed by atoms with Crippen LogP contribution in [-0.4, -0.2) is 99.7 Å². The second-order valence-corrected chi connectivity index (χ2v) is 11.4. The predicted molar refractivity (Wildman–Crippen MR) is 168 cm³/mol. The number of carbonyl (C=O) groups excluding carboxylic acids is 4. The number of aliphatic hydroxyl groups excluding tert-OH is 1. The average Bonchev–Trinajstić information content (AvgIpc) is 2.98. The van der Waals surface area contributed by atoms with Gasteiger partial charge in [0.15, 0.2) is 11.9 Å². The van der Waals surface area contributed by atoms with E-state index in [2.05, 4.69) is 10.4 Å². The van der Waals surface area contributed by atoms with Crippen molar-refractivity contribution in [1.82, 2.24) is 10.3 Å². The topological polar surface area (TPSA) is 179 Å². The van der Waals surface area contributed by atoms with Crippen LogP contribution in [0.4, 0.5) is 4.79 Å². The number of ketones is 2. The maximum Gasteiger partial charge on any atom is 0.405 e. The van der Waals surface area contributed by atoms with Crippen LogP contribution in [0.25, 0.3) is 0 Å². The largest absolute Gasteiger partial charge is 0.492 e. The maximum absolute atomic E-state index is 13.9. The third-order valence-electron chi connectivity index (χ3n) is 7.56. The molecule has 1 aliphatic heterocycles. The number of fused-ring (bicyclic) bond motifs is 2. The molecule has 45 heavy (non-hydrogen) atoms. The number of allylic oxidation sites excluding steroid dienone is 4. The number of amides is 2. The van der Waals surface area contributed by atoms with Crippen molar-refractivity contribution < 1.29 is 43.2 Å². The number of nitrogens with zero attached hydrogens (tertiary/aromatic N) is 2. The third kappa shape index (κ3) is 9.71. The van der Waals surface area contributed by atoms with Crippen molar-refractivity contribution in [1.29, 1.82) is 0 Å². The molecule has 0 aromatic rings. The van der Waals surface area contributed by atoms with Gasteiger partial charge in [0, 0.05) is 45.4 Å². The first kappa shape index (κ1) is 37.1. The van der Waals surface area contributed by atoms with Crippen LogP contribution in [0.5, 0.6) is 0 Å². The monoisotopic (exact) mass is 630 g/mol. The normalized spacial score (nSPS) is 30.8. The summed E-state index contributed by atoms with van der Waals surface area (Å²) < 4.78 is 22.0. The first-order valence-corrected chi connectivity index (χ1v) is 14.5. The lowest BCUT2D eigenvalue weighted by Gasteiger charge is -2.30.